The molecule has 170 valence electrons. The zero-order chi connectivity index (χ0) is 22.9. The maximum absolute atomic E-state index is 14.1. The Morgan fingerprint density at radius 1 is 1.24 bits per heavy atom. The monoisotopic (exact) mass is 451 g/mol. The maximum Gasteiger partial charge on any atom is 0.272 e. The minimum absolute atomic E-state index is 0.0347. The average Bonchev–Trinajstić information content (AvgIpc) is 3.53. The van der Waals surface area contributed by atoms with Gasteiger partial charge in [-0.3, -0.25) is 9.20 Å². The van der Waals surface area contributed by atoms with Crippen molar-refractivity contribution in [1.82, 2.24) is 24.3 Å². The Hall–Kier alpha value is -3.59. The van der Waals surface area contributed by atoms with Crippen LogP contribution in [0.2, 0.25) is 0 Å². The van der Waals surface area contributed by atoms with E-state index in [-0.39, 0.29) is 18.6 Å². The van der Waals surface area contributed by atoms with Crippen molar-refractivity contribution in [2.75, 3.05) is 13.2 Å². The molecule has 1 amide bonds. The van der Waals surface area contributed by atoms with Crippen molar-refractivity contribution in [1.29, 1.82) is 0 Å². The summed E-state index contributed by atoms with van der Waals surface area (Å²) in [5.41, 5.74) is 1.87. The largest absolute Gasteiger partial charge is 0.376 e. The molecule has 1 atom stereocenters. The van der Waals surface area contributed by atoms with Gasteiger partial charge in [0.25, 0.3) is 5.91 Å². The summed E-state index contributed by atoms with van der Waals surface area (Å²) < 4.78 is 36.5. The van der Waals surface area contributed by atoms with E-state index >= 15 is 0 Å². The van der Waals surface area contributed by atoms with Gasteiger partial charge in [0.15, 0.2) is 11.5 Å². The number of halogens is 2. The number of aromatic nitrogens is 4. The fourth-order valence-corrected chi connectivity index (χ4v) is 4.09. The number of ether oxygens (including phenoxy) is 1. The molecule has 0 bridgehead atoms. The van der Waals surface area contributed by atoms with Crippen LogP contribution in [-0.2, 0) is 11.3 Å². The van der Waals surface area contributed by atoms with Gasteiger partial charge >= 0.3 is 0 Å². The van der Waals surface area contributed by atoms with Crippen molar-refractivity contribution in [3.63, 3.8) is 0 Å². The number of nitrogens with one attached hydrogen (secondary N) is 1. The van der Waals surface area contributed by atoms with Gasteiger partial charge in [-0.25, -0.2) is 18.7 Å². The number of imidazole rings is 2. The fraction of sp³-hybridized carbons (Fsp3) is 0.292. The number of carbonyl (C=O) groups is 1. The summed E-state index contributed by atoms with van der Waals surface area (Å²) in [6, 6.07) is 9.05. The van der Waals surface area contributed by atoms with Crippen LogP contribution < -0.4 is 5.32 Å². The molecule has 1 aliphatic rings. The third kappa shape index (κ3) is 4.23. The average molecular weight is 451 g/mol. The van der Waals surface area contributed by atoms with Crippen molar-refractivity contribution in [2.45, 2.75) is 32.4 Å². The van der Waals surface area contributed by atoms with Gasteiger partial charge in [0.2, 0.25) is 0 Å². The second-order valence-corrected chi connectivity index (χ2v) is 8.12. The van der Waals surface area contributed by atoms with Crippen LogP contribution in [-0.4, -0.2) is 44.1 Å². The van der Waals surface area contributed by atoms with Crippen LogP contribution in [0, 0.1) is 18.6 Å². The highest BCUT2D eigenvalue weighted by atomic mass is 19.1. The normalized spacial score (nSPS) is 15.9. The summed E-state index contributed by atoms with van der Waals surface area (Å²) in [5, 5.41) is 2.92. The predicted octanol–water partition coefficient (Wildman–Crippen LogP) is 3.74. The number of amides is 1. The van der Waals surface area contributed by atoms with Crippen LogP contribution in [0.5, 0.6) is 0 Å². The Bertz CT molecular complexity index is 1320. The number of nitrogens with zero attached hydrogens (tertiary/aromatic N) is 4. The van der Waals surface area contributed by atoms with Gasteiger partial charge in [0.1, 0.15) is 23.2 Å². The van der Waals surface area contributed by atoms with Crippen LogP contribution in [0.4, 0.5) is 8.78 Å². The molecule has 1 aromatic carbocycles. The van der Waals surface area contributed by atoms with Crippen molar-refractivity contribution >= 4 is 11.4 Å². The van der Waals surface area contributed by atoms with Gasteiger partial charge in [0, 0.05) is 37.2 Å². The number of rotatable bonds is 6. The number of pyridine rings is 1. The Balaban J connectivity index is 1.45. The Morgan fingerprint density at radius 3 is 2.91 bits per heavy atom. The summed E-state index contributed by atoms with van der Waals surface area (Å²) in [7, 11) is 0. The Morgan fingerprint density at radius 2 is 2.12 bits per heavy atom. The van der Waals surface area contributed by atoms with E-state index in [9.17, 15) is 13.6 Å². The summed E-state index contributed by atoms with van der Waals surface area (Å²) in [6.45, 7) is 3.16. The highest BCUT2D eigenvalue weighted by Gasteiger charge is 2.22. The van der Waals surface area contributed by atoms with Crippen molar-refractivity contribution in [3.05, 3.63) is 77.5 Å². The molecule has 1 saturated heterocycles. The molecule has 1 aliphatic heterocycles. The SMILES string of the molecule is Cc1nc(-c2nc(C(=O)NC[C@@H]3CCCO3)c3ccccn23)cn1Cc1ccc(F)cc1F. The molecule has 0 saturated carbocycles. The molecule has 4 heterocycles. The van der Waals surface area contributed by atoms with E-state index < -0.39 is 11.6 Å². The van der Waals surface area contributed by atoms with E-state index in [0.29, 0.717) is 40.7 Å². The topological polar surface area (TPSA) is 73.4 Å². The van der Waals surface area contributed by atoms with Crippen LogP contribution in [0.15, 0.2) is 48.8 Å². The molecule has 3 aromatic heterocycles. The zero-order valence-corrected chi connectivity index (χ0v) is 18.1. The lowest BCUT2D eigenvalue weighted by molar-refractivity contribution is 0.0855. The van der Waals surface area contributed by atoms with E-state index in [1.165, 1.54) is 12.1 Å². The molecule has 33 heavy (non-hydrogen) atoms. The lowest BCUT2D eigenvalue weighted by Gasteiger charge is -2.09. The maximum atomic E-state index is 14.1. The number of benzene rings is 1. The first-order valence-corrected chi connectivity index (χ1v) is 10.8. The highest BCUT2D eigenvalue weighted by molar-refractivity contribution is 6.00. The predicted molar refractivity (Wildman–Crippen MR) is 118 cm³/mol. The minimum atomic E-state index is -0.617. The van der Waals surface area contributed by atoms with E-state index in [4.69, 9.17) is 4.74 Å². The van der Waals surface area contributed by atoms with Crippen LogP contribution in [0.1, 0.15) is 34.7 Å². The highest BCUT2D eigenvalue weighted by Crippen LogP contribution is 2.24. The smallest absolute Gasteiger partial charge is 0.272 e. The molecular weight excluding hydrogens is 428 g/mol. The van der Waals surface area contributed by atoms with E-state index in [1.54, 1.807) is 17.7 Å². The molecule has 0 aliphatic carbocycles. The van der Waals surface area contributed by atoms with Crippen LogP contribution in [0.25, 0.3) is 17.0 Å². The molecule has 0 radical (unpaired) electrons. The second kappa shape index (κ2) is 8.74. The van der Waals surface area contributed by atoms with E-state index in [0.717, 1.165) is 25.5 Å². The molecular formula is C24H23F2N5O2. The molecule has 5 rings (SSSR count). The number of carbonyl (C=O) groups excluding carboxylic acids is 1. The number of hydrogen-bond donors (Lipinski definition) is 1. The lowest BCUT2D eigenvalue weighted by Crippen LogP contribution is -2.32. The first kappa shape index (κ1) is 21.3. The van der Waals surface area contributed by atoms with Gasteiger partial charge in [-0.1, -0.05) is 12.1 Å². The minimum Gasteiger partial charge on any atom is -0.376 e. The number of fused-ring (bicyclic) bond motifs is 1. The van der Waals surface area contributed by atoms with Crippen LogP contribution >= 0.6 is 0 Å². The van der Waals surface area contributed by atoms with Crippen molar-refractivity contribution in [2.24, 2.45) is 0 Å². The quantitative estimate of drug-likeness (QED) is 0.485. The summed E-state index contributed by atoms with van der Waals surface area (Å²) in [5.74, 6) is -0.348. The van der Waals surface area contributed by atoms with Gasteiger partial charge < -0.3 is 14.6 Å². The van der Waals surface area contributed by atoms with Gasteiger partial charge in [-0.05, 0) is 38.0 Å². The molecule has 9 heteroatoms. The van der Waals surface area contributed by atoms with Crippen molar-refractivity contribution < 1.29 is 18.3 Å². The van der Waals surface area contributed by atoms with Crippen molar-refractivity contribution in [3.8, 4) is 11.5 Å². The fourth-order valence-electron chi connectivity index (χ4n) is 4.09. The third-order valence-corrected chi connectivity index (χ3v) is 5.84. The molecule has 0 unspecified atom stereocenters. The summed E-state index contributed by atoms with van der Waals surface area (Å²) >= 11 is 0. The van der Waals surface area contributed by atoms with Gasteiger partial charge in [-0.15, -0.1) is 0 Å². The van der Waals surface area contributed by atoms with E-state index in [2.05, 4.69) is 15.3 Å². The van der Waals surface area contributed by atoms with Gasteiger partial charge in [0.05, 0.1) is 18.2 Å². The van der Waals surface area contributed by atoms with Gasteiger partial charge in [-0.2, -0.15) is 0 Å². The van der Waals surface area contributed by atoms with Crippen LogP contribution in [0.3, 0.4) is 0 Å². The standard InChI is InChI=1S/C24H23F2N5O2/c1-15-28-20(14-30(15)13-16-7-8-17(25)11-19(16)26)23-29-22(21-6-2-3-9-31(21)23)24(32)27-12-18-5-4-10-33-18/h2-3,6-9,11,14,18H,4-5,10,12-13H2,1H3,(H,27,32)/t18-/m0/s1. The first-order valence-electron chi connectivity index (χ1n) is 10.8. The second-order valence-electron chi connectivity index (χ2n) is 8.12. The number of aryl methyl sites for hydroxylation is 1. The van der Waals surface area contributed by atoms with E-state index in [1.807, 2.05) is 28.8 Å². The first-order chi connectivity index (χ1) is 16.0. The summed E-state index contributed by atoms with van der Waals surface area (Å²) in [4.78, 5) is 22.1. The molecule has 1 N–H and O–H groups in total. The molecule has 4 aromatic rings. The number of hydrogen-bond acceptors (Lipinski definition) is 4. The third-order valence-electron chi connectivity index (χ3n) is 5.84. The lowest BCUT2D eigenvalue weighted by atomic mass is 10.2. The summed E-state index contributed by atoms with van der Waals surface area (Å²) in [6.07, 6.45) is 5.55. The molecule has 0 spiro atoms. The Kier molecular flexibility index (Phi) is 5.63. The molecule has 1 fully saturated rings. The Labute approximate surface area is 189 Å². The zero-order valence-electron chi connectivity index (χ0n) is 18.1. The molecule has 7 nitrogen and oxygen atoms in total.